The van der Waals surface area contributed by atoms with Gasteiger partial charge in [-0.3, -0.25) is 9.59 Å². The maximum Gasteiger partial charge on any atom is 0.255 e. The van der Waals surface area contributed by atoms with Crippen LogP contribution >= 0.6 is 0 Å². The zero-order valence-electron chi connectivity index (χ0n) is 11.2. The second kappa shape index (κ2) is 6.17. The molecule has 0 fully saturated rings. The summed E-state index contributed by atoms with van der Waals surface area (Å²) in [6, 6.07) is 0. The van der Waals surface area contributed by atoms with Crippen LogP contribution in [0.4, 0.5) is 0 Å². The van der Waals surface area contributed by atoms with Gasteiger partial charge in [-0.15, -0.1) is 0 Å². The van der Waals surface area contributed by atoms with Gasteiger partial charge in [0.1, 0.15) is 11.1 Å². The van der Waals surface area contributed by atoms with E-state index in [1.54, 1.807) is 0 Å². The van der Waals surface area contributed by atoms with E-state index in [-0.39, 0.29) is 11.1 Å². The van der Waals surface area contributed by atoms with E-state index >= 15 is 0 Å². The predicted molar refractivity (Wildman–Crippen MR) is 70.4 cm³/mol. The van der Waals surface area contributed by atoms with E-state index in [1.807, 2.05) is 13.8 Å². The fourth-order valence-corrected chi connectivity index (χ4v) is 2.18. The van der Waals surface area contributed by atoms with E-state index in [1.165, 1.54) is 0 Å². The number of pyridine rings is 1. The Bertz CT molecular complexity index is 512. The minimum atomic E-state index is -0.724. The van der Waals surface area contributed by atoms with E-state index in [0.717, 1.165) is 12.6 Å². The van der Waals surface area contributed by atoms with Crippen LogP contribution in [0.25, 0.3) is 0 Å². The normalized spacial score (nSPS) is 10.4. The summed E-state index contributed by atoms with van der Waals surface area (Å²) in [5.74, 6) is -1.42. The van der Waals surface area contributed by atoms with Crippen LogP contribution in [0.5, 0.6) is 0 Å². The first-order chi connectivity index (χ1) is 8.93. The highest BCUT2D eigenvalue weighted by atomic mass is 16.5. The zero-order valence-corrected chi connectivity index (χ0v) is 11.2. The van der Waals surface area contributed by atoms with Gasteiger partial charge in [0, 0.05) is 6.42 Å². The summed E-state index contributed by atoms with van der Waals surface area (Å²) in [4.78, 5) is 23.0. The summed E-state index contributed by atoms with van der Waals surface area (Å²) in [5.41, 5.74) is 11.6. The fraction of sp³-hybridized carbons (Fsp3) is 0.462. The molecular weight excluding hydrogens is 246 g/mol. The molecule has 19 heavy (non-hydrogen) atoms. The largest absolute Gasteiger partial charge is 0.618 e. The van der Waals surface area contributed by atoms with E-state index in [2.05, 4.69) is 0 Å². The minimum absolute atomic E-state index is 0.0745. The molecule has 6 nitrogen and oxygen atoms in total. The zero-order chi connectivity index (χ0) is 14.6. The number of hydrogen-bond acceptors (Lipinski definition) is 3. The van der Waals surface area contributed by atoms with Crippen LogP contribution in [0, 0.1) is 5.21 Å². The highest BCUT2D eigenvalue weighted by molar-refractivity contribution is 6.01. The number of nitrogens with zero attached hydrogens (tertiary/aromatic N) is 1. The van der Waals surface area contributed by atoms with E-state index in [9.17, 15) is 14.8 Å². The van der Waals surface area contributed by atoms with Gasteiger partial charge in [-0.05, 0) is 18.4 Å². The SMILES string of the molecule is CCCc1c(C(N)=O)c[n+]([O-])c(CCC)c1C(N)=O. The second-order valence-corrected chi connectivity index (χ2v) is 4.40. The van der Waals surface area contributed by atoms with E-state index < -0.39 is 11.8 Å². The lowest BCUT2D eigenvalue weighted by Gasteiger charge is -2.14. The molecule has 4 N–H and O–H groups in total. The summed E-state index contributed by atoms with van der Waals surface area (Å²) in [7, 11) is 0. The Labute approximate surface area is 112 Å². The van der Waals surface area contributed by atoms with Gasteiger partial charge >= 0.3 is 0 Å². The minimum Gasteiger partial charge on any atom is -0.618 e. The molecule has 104 valence electrons. The van der Waals surface area contributed by atoms with Crippen LogP contribution < -0.4 is 16.2 Å². The molecule has 0 aliphatic carbocycles. The molecule has 0 atom stereocenters. The molecule has 1 aromatic heterocycles. The first-order valence-electron chi connectivity index (χ1n) is 6.31. The smallest absolute Gasteiger partial charge is 0.255 e. The molecule has 0 spiro atoms. The van der Waals surface area contributed by atoms with E-state index in [4.69, 9.17) is 11.5 Å². The number of rotatable bonds is 6. The van der Waals surface area contributed by atoms with Crippen molar-refractivity contribution in [2.24, 2.45) is 11.5 Å². The van der Waals surface area contributed by atoms with Crippen LogP contribution in [-0.2, 0) is 12.8 Å². The van der Waals surface area contributed by atoms with Gasteiger partial charge in [-0.1, -0.05) is 20.3 Å². The van der Waals surface area contributed by atoms with Crippen molar-refractivity contribution < 1.29 is 14.3 Å². The fourth-order valence-electron chi connectivity index (χ4n) is 2.18. The Kier molecular flexibility index (Phi) is 4.86. The lowest BCUT2D eigenvalue weighted by molar-refractivity contribution is -0.614. The lowest BCUT2D eigenvalue weighted by Crippen LogP contribution is -2.39. The van der Waals surface area contributed by atoms with Crippen molar-refractivity contribution in [3.05, 3.63) is 33.8 Å². The van der Waals surface area contributed by atoms with Gasteiger partial charge in [0.05, 0.1) is 0 Å². The number of amides is 2. The summed E-state index contributed by atoms with van der Waals surface area (Å²) >= 11 is 0. The van der Waals surface area contributed by atoms with Gasteiger partial charge < -0.3 is 16.7 Å². The molecule has 0 aromatic carbocycles. The van der Waals surface area contributed by atoms with Gasteiger partial charge in [0.15, 0.2) is 6.20 Å². The number of aromatic nitrogens is 1. The summed E-state index contributed by atoms with van der Waals surface area (Å²) < 4.78 is 0.531. The van der Waals surface area contributed by atoms with Gasteiger partial charge in [0.25, 0.3) is 11.8 Å². The maximum absolute atomic E-state index is 11.9. The second-order valence-electron chi connectivity index (χ2n) is 4.40. The number of carbonyl (C=O) groups is 2. The molecule has 1 aromatic rings. The third kappa shape index (κ3) is 3.01. The van der Waals surface area contributed by atoms with Crippen LogP contribution in [0.15, 0.2) is 6.20 Å². The highest BCUT2D eigenvalue weighted by Crippen LogP contribution is 2.19. The Morgan fingerprint density at radius 1 is 1.16 bits per heavy atom. The van der Waals surface area contributed by atoms with Crippen molar-refractivity contribution in [2.75, 3.05) is 0 Å². The third-order valence-corrected chi connectivity index (χ3v) is 2.93. The molecule has 1 rings (SSSR count). The monoisotopic (exact) mass is 265 g/mol. The standard InChI is InChI=1S/C13H19N3O3/c1-3-5-8-9(12(14)17)7-16(19)10(6-4-2)11(8)13(15)18/h7H,3-6H2,1-2H3,(H2,14,17)(H2,15,18). The van der Waals surface area contributed by atoms with Gasteiger partial charge in [-0.25, -0.2) is 0 Å². The molecule has 6 heteroatoms. The molecule has 0 saturated heterocycles. The first-order valence-corrected chi connectivity index (χ1v) is 6.31. The van der Waals surface area contributed by atoms with Crippen molar-refractivity contribution in [2.45, 2.75) is 39.5 Å². The molecule has 0 radical (unpaired) electrons. The van der Waals surface area contributed by atoms with Gasteiger partial charge in [-0.2, -0.15) is 4.73 Å². The van der Waals surface area contributed by atoms with Crippen molar-refractivity contribution in [3.63, 3.8) is 0 Å². The highest BCUT2D eigenvalue weighted by Gasteiger charge is 2.26. The average Bonchev–Trinajstić information content (AvgIpc) is 2.32. The maximum atomic E-state index is 11.9. The summed E-state index contributed by atoms with van der Waals surface area (Å²) in [6.45, 7) is 3.81. The third-order valence-electron chi connectivity index (χ3n) is 2.93. The molecular formula is C13H19N3O3. The Morgan fingerprint density at radius 3 is 2.16 bits per heavy atom. The molecule has 0 aliphatic rings. The van der Waals surface area contributed by atoms with Crippen molar-refractivity contribution in [3.8, 4) is 0 Å². The topological polar surface area (TPSA) is 113 Å². The molecule has 1 heterocycles. The molecule has 0 unspecified atom stereocenters. The van der Waals surface area contributed by atoms with E-state index in [0.29, 0.717) is 35.3 Å². The first kappa shape index (κ1) is 14.9. The summed E-state index contributed by atoms with van der Waals surface area (Å²) in [6.07, 6.45) is 3.47. The quantitative estimate of drug-likeness (QED) is 0.574. The van der Waals surface area contributed by atoms with Crippen LogP contribution in [-0.4, -0.2) is 11.8 Å². The Morgan fingerprint density at radius 2 is 1.74 bits per heavy atom. The number of hydrogen-bond donors (Lipinski definition) is 2. The van der Waals surface area contributed by atoms with Crippen LogP contribution in [0.2, 0.25) is 0 Å². The molecule has 0 saturated carbocycles. The Balaban J connectivity index is 3.64. The van der Waals surface area contributed by atoms with Crippen molar-refractivity contribution in [1.29, 1.82) is 0 Å². The molecule has 0 bridgehead atoms. The van der Waals surface area contributed by atoms with Crippen molar-refractivity contribution >= 4 is 11.8 Å². The molecule has 2 amide bonds. The molecule has 0 aliphatic heterocycles. The van der Waals surface area contributed by atoms with Crippen LogP contribution in [0.3, 0.4) is 0 Å². The van der Waals surface area contributed by atoms with Crippen LogP contribution in [0.1, 0.15) is 58.7 Å². The van der Waals surface area contributed by atoms with Gasteiger partial charge in [0.2, 0.25) is 5.69 Å². The predicted octanol–water partition coefficient (Wildman–Crippen LogP) is 0.423. The number of primary amides is 2. The Hall–Kier alpha value is -2.11. The lowest BCUT2D eigenvalue weighted by atomic mass is 9.94. The number of carbonyl (C=O) groups excluding carboxylic acids is 2. The summed E-state index contributed by atoms with van der Waals surface area (Å²) in [5, 5.41) is 11.9. The number of nitrogens with two attached hydrogens (primary N) is 2. The van der Waals surface area contributed by atoms with Crippen molar-refractivity contribution in [1.82, 2.24) is 0 Å². The average molecular weight is 265 g/mol.